The van der Waals surface area contributed by atoms with Gasteiger partial charge in [-0.3, -0.25) is 4.90 Å². The molecule has 1 aliphatic carbocycles. The molecule has 2 fully saturated rings. The average molecular weight is 326 g/mol. The molecule has 24 heavy (non-hydrogen) atoms. The Morgan fingerprint density at radius 2 is 1.75 bits per heavy atom. The molecule has 0 amide bonds. The largest absolute Gasteiger partial charge is 0.397 e. The third-order valence-corrected chi connectivity index (χ3v) is 6.22. The molecule has 0 spiro atoms. The second-order valence-corrected chi connectivity index (χ2v) is 7.87. The standard InChI is InChI=1S/C21H31N3/c22-20-10-6-7-11-21(20)23-16-14-18-12-13-19(15-16)24(18)17-8-4-2-1-3-5-9-17/h4,6-8,10-11,16-19,23H,1-3,5,9,12-15,22H2/b8-4-/t16-,17?,18+,19?/m1/s1. The number of para-hydroxylation sites is 2. The predicted molar refractivity (Wildman–Crippen MR) is 102 cm³/mol. The summed E-state index contributed by atoms with van der Waals surface area (Å²) in [4.78, 5) is 2.87. The van der Waals surface area contributed by atoms with Gasteiger partial charge in [0.2, 0.25) is 0 Å². The minimum atomic E-state index is 0.570. The van der Waals surface area contributed by atoms with Crippen LogP contribution in [0.1, 0.15) is 57.8 Å². The summed E-state index contributed by atoms with van der Waals surface area (Å²) in [7, 11) is 0. The van der Waals surface area contributed by atoms with Gasteiger partial charge in [0.15, 0.2) is 0 Å². The number of fused-ring (bicyclic) bond motifs is 2. The maximum Gasteiger partial charge on any atom is 0.0576 e. The highest BCUT2D eigenvalue weighted by atomic mass is 15.3. The Morgan fingerprint density at radius 3 is 2.54 bits per heavy atom. The third-order valence-electron chi connectivity index (χ3n) is 6.22. The van der Waals surface area contributed by atoms with E-state index in [4.69, 9.17) is 5.73 Å². The van der Waals surface area contributed by atoms with Crippen molar-refractivity contribution in [3.8, 4) is 0 Å². The lowest BCUT2D eigenvalue weighted by atomic mass is 9.92. The molecule has 3 N–H and O–H groups in total. The van der Waals surface area contributed by atoms with Crippen molar-refractivity contribution in [1.29, 1.82) is 0 Å². The van der Waals surface area contributed by atoms with Gasteiger partial charge in [0.25, 0.3) is 0 Å². The molecule has 130 valence electrons. The first-order valence-electron chi connectivity index (χ1n) is 9.86. The van der Waals surface area contributed by atoms with Gasteiger partial charge < -0.3 is 11.1 Å². The number of piperidine rings is 1. The molecule has 2 unspecified atom stereocenters. The van der Waals surface area contributed by atoms with Gasteiger partial charge in [0.1, 0.15) is 0 Å². The Labute approximate surface area is 146 Å². The Hall–Kier alpha value is -1.48. The Morgan fingerprint density at radius 1 is 0.958 bits per heavy atom. The van der Waals surface area contributed by atoms with E-state index in [-0.39, 0.29) is 0 Å². The fourth-order valence-electron chi connectivity index (χ4n) is 5.11. The number of hydrogen-bond donors (Lipinski definition) is 2. The van der Waals surface area contributed by atoms with E-state index < -0.39 is 0 Å². The minimum absolute atomic E-state index is 0.570. The molecule has 2 bridgehead atoms. The average Bonchev–Trinajstić information content (AvgIpc) is 2.81. The number of nitrogens with two attached hydrogens (primary N) is 1. The number of benzene rings is 1. The second-order valence-electron chi connectivity index (χ2n) is 7.87. The summed E-state index contributed by atoms with van der Waals surface area (Å²) in [5, 5.41) is 3.73. The normalized spacial score (nSPS) is 35.2. The van der Waals surface area contributed by atoms with E-state index in [0.717, 1.165) is 23.5 Å². The number of anilines is 2. The highest BCUT2D eigenvalue weighted by molar-refractivity contribution is 5.66. The van der Waals surface area contributed by atoms with Gasteiger partial charge >= 0.3 is 0 Å². The summed E-state index contributed by atoms with van der Waals surface area (Å²) < 4.78 is 0. The van der Waals surface area contributed by atoms with Gasteiger partial charge in [0, 0.05) is 24.2 Å². The van der Waals surface area contributed by atoms with Crippen LogP contribution in [0.3, 0.4) is 0 Å². The maximum absolute atomic E-state index is 6.12. The van der Waals surface area contributed by atoms with Crippen LogP contribution in [-0.4, -0.2) is 29.1 Å². The van der Waals surface area contributed by atoms with Crippen molar-refractivity contribution in [2.24, 2.45) is 0 Å². The minimum Gasteiger partial charge on any atom is -0.397 e. The molecule has 3 aliphatic rings. The molecule has 2 saturated heterocycles. The molecule has 0 aromatic heterocycles. The molecule has 4 rings (SSSR count). The molecule has 2 aliphatic heterocycles. The third kappa shape index (κ3) is 3.32. The summed E-state index contributed by atoms with van der Waals surface area (Å²) in [6, 6.07) is 10.9. The van der Waals surface area contributed by atoms with E-state index in [0.29, 0.717) is 12.1 Å². The van der Waals surface area contributed by atoms with Crippen molar-refractivity contribution in [1.82, 2.24) is 4.90 Å². The monoisotopic (exact) mass is 325 g/mol. The number of nitrogens with one attached hydrogen (secondary N) is 1. The molecular weight excluding hydrogens is 294 g/mol. The zero-order chi connectivity index (χ0) is 16.4. The van der Waals surface area contributed by atoms with Crippen molar-refractivity contribution in [3.05, 3.63) is 36.4 Å². The van der Waals surface area contributed by atoms with E-state index in [9.17, 15) is 0 Å². The van der Waals surface area contributed by atoms with Gasteiger partial charge in [-0.05, 0) is 57.1 Å². The SMILES string of the molecule is Nc1ccccc1N[C@H]1CC2CC[C@@H](C1)N2C1/C=C\CCCCC1. The molecule has 1 aromatic rings. The van der Waals surface area contributed by atoms with E-state index in [2.05, 4.69) is 34.5 Å². The molecule has 0 saturated carbocycles. The predicted octanol–water partition coefficient (Wildman–Crippen LogP) is 4.57. The van der Waals surface area contributed by atoms with E-state index >= 15 is 0 Å². The molecule has 0 radical (unpaired) electrons. The molecule has 3 heteroatoms. The van der Waals surface area contributed by atoms with Crippen LogP contribution in [0.25, 0.3) is 0 Å². The zero-order valence-electron chi connectivity index (χ0n) is 14.7. The molecule has 1 aromatic carbocycles. The van der Waals surface area contributed by atoms with Gasteiger partial charge in [-0.25, -0.2) is 0 Å². The van der Waals surface area contributed by atoms with Crippen LogP contribution in [0.5, 0.6) is 0 Å². The highest BCUT2D eigenvalue weighted by Gasteiger charge is 2.43. The van der Waals surface area contributed by atoms with Gasteiger partial charge in [0.05, 0.1) is 11.4 Å². The van der Waals surface area contributed by atoms with Crippen molar-refractivity contribution in [3.63, 3.8) is 0 Å². The number of hydrogen-bond acceptors (Lipinski definition) is 3. The molecule has 3 nitrogen and oxygen atoms in total. The highest BCUT2D eigenvalue weighted by Crippen LogP contribution is 2.40. The lowest BCUT2D eigenvalue weighted by molar-refractivity contribution is 0.0958. The first kappa shape index (κ1) is 16.0. The summed E-state index contributed by atoms with van der Waals surface area (Å²) >= 11 is 0. The lowest BCUT2D eigenvalue weighted by Gasteiger charge is -2.43. The number of allylic oxidation sites excluding steroid dienone is 1. The number of nitrogen functional groups attached to an aromatic ring is 1. The van der Waals surface area contributed by atoms with Crippen molar-refractivity contribution in [2.75, 3.05) is 11.1 Å². The van der Waals surface area contributed by atoms with E-state index in [1.807, 2.05) is 12.1 Å². The van der Waals surface area contributed by atoms with Gasteiger partial charge in [-0.15, -0.1) is 0 Å². The summed E-state index contributed by atoms with van der Waals surface area (Å²) in [5.74, 6) is 0. The van der Waals surface area contributed by atoms with Crippen LogP contribution in [0.2, 0.25) is 0 Å². The number of nitrogens with zero attached hydrogens (tertiary/aromatic N) is 1. The van der Waals surface area contributed by atoms with Crippen LogP contribution in [0.4, 0.5) is 11.4 Å². The first-order chi connectivity index (χ1) is 11.8. The Kier molecular flexibility index (Phi) is 4.79. The second kappa shape index (κ2) is 7.18. The van der Waals surface area contributed by atoms with Crippen LogP contribution >= 0.6 is 0 Å². The topological polar surface area (TPSA) is 41.3 Å². The van der Waals surface area contributed by atoms with Crippen LogP contribution in [0.15, 0.2) is 36.4 Å². The zero-order valence-corrected chi connectivity index (χ0v) is 14.7. The smallest absolute Gasteiger partial charge is 0.0576 e. The van der Waals surface area contributed by atoms with Crippen molar-refractivity contribution < 1.29 is 0 Å². The van der Waals surface area contributed by atoms with Crippen LogP contribution < -0.4 is 11.1 Å². The van der Waals surface area contributed by atoms with Crippen LogP contribution in [-0.2, 0) is 0 Å². The first-order valence-corrected chi connectivity index (χ1v) is 9.86. The number of rotatable bonds is 3. The van der Waals surface area contributed by atoms with Crippen LogP contribution in [0, 0.1) is 0 Å². The quantitative estimate of drug-likeness (QED) is 0.632. The Bertz CT molecular complexity index is 568. The van der Waals surface area contributed by atoms with Gasteiger partial charge in [-0.1, -0.05) is 37.1 Å². The summed E-state index contributed by atoms with van der Waals surface area (Å²) in [5.41, 5.74) is 8.10. The van der Waals surface area contributed by atoms with Crippen molar-refractivity contribution >= 4 is 11.4 Å². The van der Waals surface area contributed by atoms with E-state index in [1.165, 1.54) is 57.8 Å². The fourth-order valence-corrected chi connectivity index (χ4v) is 5.11. The van der Waals surface area contributed by atoms with Gasteiger partial charge in [-0.2, -0.15) is 0 Å². The van der Waals surface area contributed by atoms with E-state index in [1.54, 1.807) is 0 Å². The van der Waals surface area contributed by atoms with Crippen molar-refractivity contribution in [2.45, 2.75) is 82.0 Å². The maximum atomic E-state index is 6.12. The fraction of sp³-hybridized carbons (Fsp3) is 0.619. The summed E-state index contributed by atoms with van der Waals surface area (Å²) in [6.45, 7) is 0. The molecular formula is C21H31N3. The summed E-state index contributed by atoms with van der Waals surface area (Å²) in [6.07, 6.45) is 17.0. The Balaban J connectivity index is 1.43. The lowest BCUT2D eigenvalue weighted by Crippen LogP contribution is -2.51. The molecule has 2 heterocycles. The molecule has 4 atom stereocenters.